The second-order valence-corrected chi connectivity index (χ2v) is 6.71. The SMILES string of the molecule is COc1ccc(-[n+]2c(SCC(=O)O)n[nH]c2COc2ccc(C)cc2)cc1. The van der Waals surface area contributed by atoms with Crippen LogP contribution in [0.25, 0.3) is 5.69 Å². The Hall–Kier alpha value is -3.00. The topological polar surface area (TPSA) is 88.3 Å². The minimum absolute atomic E-state index is 0.0841. The quantitative estimate of drug-likeness (QED) is 0.457. The number of benzene rings is 2. The van der Waals surface area contributed by atoms with Crippen LogP contribution >= 0.6 is 11.8 Å². The molecule has 0 saturated carbocycles. The number of aromatic amines is 1. The van der Waals surface area contributed by atoms with Crippen molar-refractivity contribution in [3.63, 3.8) is 0 Å². The number of aliphatic carboxylic acids is 1. The maximum absolute atomic E-state index is 10.9. The van der Waals surface area contributed by atoms with Gasteiger partial charge in [0.25, 0.3) is 5.82 Å². The molecule has 0 aliphatic rings. The van der Waals surface area contributed by atoms with Gasteiger partial charge in [-0.25, -0.2) is 0 Å². The lowest BCUT2D eigenvalue weighted by Crippen LogP contribution is -2.37. The van der Waals surface area contributed by atoms with E-state index in [-0.39, 0.29) is 12.4 Å². The Kier molecular flexibility index (Phi) is 5.97. The third-order valence-electron chi connectivity index (χ3n) is 3.79. The predicted octanol–water partition coefficient (Wildman–Crippen LogP) is 2.76. The van der Waals surface area contributed by atoms with E-state index in [1.54, 1.807) is 7.11 Å². The van der Waals surface area contributed by atoms with E-state index in [0.717, 1.165) is 34.5 Å². The summed E-state index contributed by atoms with van der Waals surface area (Å²) in [6.45, 7) is 2.28. The maximum atomic E-state index is 10.9. The monoisotopic (exact) mass is 386 g/mol. The number of aryl methyl sites for hydroxylation is 1. The van der Waals surface area contributed by atoms with Crippen LogP contribution < -0.4 is 14.0 Å². The number of nitrogens with zero attached hydrogens (tertiary/aromatic N) is 2. The first kappa shape index (κ1) is 18.8. The summed E-state index contributed by atoms with van der Waals surface area (Å²) in [7, 11) is 1.61. The number of nitrogens with one attached hydrogen (secondary N) is 1. The summed E-state index contributed by atoms with van der Waals surface area (Å²) in [5.41, 5.74) is 1.99. The molecule has 2 aromatic carbocycles. The molecule has 27 heavy (non-hydrogen) atoms. The summed E-state index contributed by atoms with van der Waals surface area (Å²) >= 11 is 1.14. The highest BCUT2D eigenvalue weighted by Crippen LogP contribution is 2.18. The van der Waals surface area contributed by atoms with Gasteiger partial charge in [-0.1, -0.05) is 17.7 Å². The molecule has 1 aromatic heterocycles. The number of H-pyrrole nitrogens is 1. The van der Waals surface area contributed by atoms with Gasteiger partial charge in [-0.05, 0) is 55.1 Å². The van der Waals surface area contributed by atoms with E-state index in [2.05, 4.69) is 10.2 Å². The highest BCUT2D eigenvalue weighted by Gasteiger charge is 2.23. The van der Waals surface area contributed by atoms with E-state index >= 15 is 0 Å². The molecule has 0 aliphatic carbocycles. The molecule has 1 heterocycles. The van der Waals surface area contributed by atoms with E-state index in [9.17, 15) is 4.79 Å². The Balaban J connectivity index is 1.87. The minimum Gasteiger partial charge on any atom is -0.497 e. The molecule has 7 nitrogen and oxygen atoms in total. The van der Waals surface area contributed by atoms with Crippen molar-refractivity contribution in [2.75, 3.05) is 12.9 Å². The van der Waals surface area contributed by atoms with Crippen LogP contribution in [0.4, 0.5) is 0 Å². The number of carboxylic acids is 1. The van der Waals surface area contributed by atoms with E-state index in [1.807, 2.05) is 60.0 Å². The maximum Gasteiger partial charge on any atom is 0.342 e. The number of aromatic nitrogens is 3. The van der Waals surface area contributed by atoms with Gasteiger partial charge < -0.3 is 14.6 Å². The first-order chi connectivity index (χ1) is 13.1. The summed E-state index contributed by atoms with van der Waals surface area (Å²) < 4.78 is 12.9. The van der Waals surface area contributed by atoms with E-state index in [4.69, 9.17) is 14.6 Å². The van der Waals surface area contributed by atoms with Crippen LogP contribution in [0.1, 0.15) is 11.4 Å². The molecule has 0 atom stereocenters. The van der Waals surface area contributed by atoms with Crippen molar-refractivity contribution in [2.45, 2.75) is 18.7 Å². The van der Waals surface area contributed by atoms with Gasteiger partial charge >= 0.3 is 11.1 Å². The van der Waals surface area contributed by atoms with E-state index in [0.29, 0.717) is 11.0 Å². The molecule has 3 aromatic rings. The zero-order valence-corrected chi connectivity index (χ0v) is 15.8. The fourth-order valence-electron chi connectivity index (χ4n) is 2.43. The zero-order valence-electron chi connectivity index (χ0n) is 15.0. The van der Waals surface area contributed by atoms with Crippen molar-refractivity contribution in [1.82, 2.24) is 10.2 Å². The van der Waals surface area contributed by atoms with E-state index < -0.39 is 5.97 Å². The number of thioether (sulfide) groups is 1. The summed E-state index contributed by atoms with van der Waals surface area (Å²) in [5, 5.41) is 16.7. The second kappa shape index (κ2) is 8.59. The van der Waals surface area contributed by atoms with Gasteiger partial charge in [-0.2, -0.15) is 4.57 Å². The molecule has 0 fully saturated rings. The van der Waals surface area contributed by atoms with Crippen LogP contribution in [-0.4, -0.2) is 34.1 Å². The predicted molar refractivity (Wildman–Crippen MR) is 101 cm³/mol. The Labute approximate surface area is 161 Å². The van der Waals surface area contributed by atoms with Crippen molar-refractivity contribution >= 4 is 17.7 Å². The van der Waals surface area contributed by atoms with Crippen LogP contribution in [0.15, 0.2) is 53.7 Å². The molecule has 0 amide bonds. The van der Waals surface area contributed by atoms with Gasteiger partial charge in [0.2, 0.25) is 0 Å². The molecule has 0 radical (unpaired) electrons. The first-order valence-corrected chi connectivity index (χ1v) is 9.23. The Morgan fingerprint density at radius 3 is 2.44 bits per heavy atom. The standard InChI is InChI=1S/C19H19N3O4S/c1-13-3-7-16(8-4-13)26-11-17-20-21-19(27-12-18(23)24)22(17)14-5-9-15(25-2)10-6-14/h3-10H,11-12H2,1-2H3,(H,23,24)/p+1. The molecule has 0 saturated heterocycles. The number of ether oxygens (including phenoxy) is 2. The Morgan fingerprint density at radius 1 is 1.15 bits per heavy atom. The third-order valence-corrected chi connectivity index (χ3v) is 4.72. The molecule has 0 aliphatic heterocycles. The van der Waals surface area contributed by atoms with Crippen LogP contribution in [0.3, 0.4) is 0 Å². The zero-order chi connectivity index (χ0) is 19.2. The third kappa shape index (κ3) is 4.79. The fourth-order valence-corrected chi connectivity index (χ4v) is 3.14. The average molecular weight is 386 g/mol. The van der Waals surface area contributed by atoms with Gasteiger partial charge in [0.15, 0.2) is 6.61 Å². The highest BCUT2D eigenvalue weighted by atomic mass is 32.2. The average Bonchev–Trinajstić information content (AvgIpc) is 3.09. The number of hydrogen-bond donors (Lipinski definition) is 2. The molecule has 0 unspecified atom stereocenters. The Bertz CT molecular complexity index is 908. The van der Waals surface area contributed by atoms with Gasteiger partial charge in [-0.3, -0.25) is 4.79 Å². The molecule has 0 spiro atoms. The fraction of sp³-hybridized carbons (Fsp3) is 0.211. The van der Waals surface area contributed by atoms with E-state index in [1.165, 1.54) is 0 Å². The normalized spacial score (nSPS) is 10.6. The molecule has 140 valence electrons. The smallest absolute Gasteiger partial charge is 0.342 e. The molecule has 8 heteroatoms. The van der Waals surface area contributed by atoms with Crippen LogP contribution in [0.2, 0.25) is 0 Å². The van der Waals surface area contributed by atoms with Gasteiger partial charge in [-0.15, -0.1) is 5.10 Å². The lowest BCUT2D eigenvalue weighted by molar-refractivity contribution is -0.646. The molecular weight excluding hydrogens is 366 g/mol. The van der Waals surface area contributed by atoms with Gasteiger partial charge in [0, 0.05) is 0 Å². The number of hydrogen-bond acceptors (Lipinski definition) is 5. The van der Waals surface area contributed by atoms with Crippen molar-refractivity contribution in [3.05, 3.63) is 59.9 Å². The van der Waals surface area contributed by atoms with Crippen molar-refractivity contribution in [3.8, 4) is 17.2 Å². The summed E-state index contributed by atoms with van der Waals surface area (Å²) in [6.07, 6.45) is 0. The highest BCUT2D eigenvalue weighted by molar-refractivity contribution is 7.99. The number of rotatable bonds is 8. The largest absolute Gasteiger partial charge is 0.497 e. The molecule has 3 rings (SSSR count). The summed E-state index contributed by atoms with van der Waals surface area (Å²) in [5.74, 6) is 1.20. The second-order valence-electron chi connectivity index (χ2n) is 5.77. The lowest BCUT2D eigenvalue weighted by Gasteiger charge is -2.07. The number of carbonyl (C=O) groups is 1. The molecule has 2 N–H and O–H groups in total. The number of carboxylic acid groups (broad SMARTS) is 1. The molecular formula is C19H20N3O4S+. The van der Waals surface area contributed by atoms with Gasteiger partial charge in [0.1, 0.15) is 22.9 Å². The lowest BCUT2D eigenvalue weighted by atomic mass is 10.2. The minimum atomic E-state index is -0.901. The van der Waals surface area contributed by atoms with Crippen LogP contribution in [-0.2, 0) is 11.4 Å². The van der Waals surface area contributed by atoms with Crippen molar-refractivity contribution in [1.29, 1.82) is 0 Å². The Morgan fingerprint density at radius 2 is 1.81 bits per heavy atom. The summed E-state index contributed by atoms with van der Waals surface area (Å²) in [6, 6.07) is 15.2. The van der Waals surface area contributed by atoms with Crippen LogP contribution in [0.5, 0.6) is 11.5 Å². The first-order valence-electron chi connectivity index (χ1n) is 8.24. The van der Waals surface area contributed by atoms with Crippen molar-refractivity contribution < 1.29 is 23.9 Å². The van der Waals surface area contributed by atoms with Crippen molar-refractivity contribution in [2.24, 2.45) is 0 Å². The van der Waals surface area contributed by atoms with Gasteiger partial charge in [0.05, 0.1) is 12.2 Å². The number of methoxy groups -OCH3 is 1. The summed E-state index contributed by atoms with van der Waals surface area (Å²) in [4.78, 5) is 10.9. The molecule has 0 bridgehead atoms. The van der Waals surface area contributed by atoms with Crippen LogP contribution in [0, 0.1) is 6.92 Å².